The van der Waals surface area contributed by atoms with Crippen molar-refractivity contribution in [3.8, 4) is 0 Å². The number of nitrogens with zero attached hydrogens (tertiary/aromatic N) is 1. The topological polar surface area (TPSA) is 29.3 Å². The molecular formula is C10H20N2. The van der Waals surface area contributed by atoms with Crippen LogP contribution in [0.3, 0.4) is 0 Å². The maximum Gasteiger partial charge on any atom is 0.0273 e. The number of hydrogen-bond acceptors (Lipinski definition) is 2. The van der Waals surface area contributed by atoms with Gasteiger partial charge in [0.1, 0.15) is 0 Å². The summed E-state index contributed by atoms with van der Waals surface area (Å²) in [5.41, 5.74) is 6.09. The Bertz CT molecular complexity index is 163. The minimum atomic E-state index is 0.436. The quantitative estimate of drug-likeness (QED) is 0.671. The molecule has 2 unspecified atom stereocenters. The van der Waals surface area contributed by atoms with Crippen LogP contribution in [-0.2, 0) is 0 Å². The van der Waals surface area contributed by atoms with Gasteiger partial charge in [0.05, 0.1) is 0 Å². The second-order valence-corrected chi connectivity index (χ2v) is 4.66. The Hall–Kier alpha value is -0.0800. The van der Waals surface area contributed by atoms with Gasteiger partial charge in [0.2, 0.25) is 0 Å². The van der Waals surface area contributed by atoms with E-state index in [-0.39, 0.29) is 0 Å². The predicted molar refractivity (Wildman–Crippen MR) is 50.9 cm³/mol. The molecule has 12 heavy (non-hydrogen) atoms. The van der Waals surface area contributed by atoms with Crippen molar-refractivity contribution < 1.29 is 0 Å². The molecular weight excluding hydrogens is 148 g/mol. The summed E-state index contributed by atoms with van der Waals surface area (Å²) in [5, 5.41) is 0. The van der Waals surface area contributed by atoms with Crippen LogP contribution in [0.15, 0.2) is 0 Å². The van der Waals surface area contributed by atoms with Crippen LogP contribution >= 0.6 is 0 Å². The molecule has 1 aliphatic heterocycles. The van der Waals surface area contributed by atoms with E-state index in [9.17, 15) is 0 Å². The monoisotopic (exact) mass is 168 g/mol. The van der Waals surface area contributed by atoms with Gasteiger partial charge in [-0.25, -0.2) is 0 Å². The third kappa shape index (κ3) is 1.38. The molecule has 1 aliphatic carbocycles. The minimum absolute atomic E-state index is 0.436. The van der Waals surface area contributed by atoms with Gasteiger partial charge in [0.15, 0.2) is 0 Å². The van der Waals surface area contributed by atoms with Crippen molar-refractivity contribution in [3.63, 3.8) is 0 Å². The zero-order valence-electron chi connectivity index (χ0n) is 8.16. The van der Waals surface area contributed by atoms with Crippen LogP contribution in [0.4, 0.5) is 0 Å². The molecule has 0 spiro atoms. The third-order valence-corrected chi connectivity index (χ3v) is 3.24. The molecule has 0 aromatic carbocycles. The molecule has 2 heteroatoms. The Morgan fingerprint density at radius 3 is 2.42 bits per heavy atom. The number of nitrogens with two attached hydrogens (primary N) is 1. The summed E-state index contributed by atoms with van der Waals surface area (Å²) in [7, 11) is 0. The molecule has 0 aromatic rings. The molecule has 2 fully saturated rings. The van der Waals surface area contributed by atoms with Crippen LogP contribution in [0.2, 0.25) is 0 Å². The first-order chi connectivity index (χ1) is 5.70. The molecule has 0 radical (unpaired) electrons. The maximum absolute atomic E-state index is 6.09. The van der Waals surface area contributed by atoms with Crippen LogP contribution in [0.25, 0.3) is 0 Å². The Morgan fingerprint density at radius 1 is 1.25 bits per heavy atom. The van der Waals surface area contributed by atoms with Crippen LogP contribution in [0, 0.1) is 5.92 Å². The van der Waals surface area contributed by atoms with E-state index in [0.717, 1.165) is 12.0 Å². The first kappa shape index (κ1) is 8.52. The average molecular weight is 168 g/mol. The van der Waals surface area contributed by atoms with E-state index in [4.69, 9.17) is 5.73 Å². The van der Waals surface area contributed by atoms with Crippen molar-refractivity contribution in [3.05, 3.63) is 0 Å². The summed E-state index contributed by atoms with van der Waals surface area (Å²) in [6.07, 6.45) is 4.03. The molecule has 1 heterocycles. The number of hydrogen-bond donors (Lipinski definition) is 1. The van der Waals surface area contributed by atoms with E-state index in [0.29, 0.717) is 12.1 Å². The lowest BCUT2D eigenvalue weighted by Crippen LogP contribution is -2.44. The average Bonchev–Trinajstić information content (AvgIpc) is 2.75. The summed E-state index contributed by atoms with van der Waals surface area (Å²) in [6, 6.07) is 1.99. The Balaban J connectivity index is 2.03. The van der Waals surface area contributed by atoms with Gasteiger partial charge in [-0.15, -0.1) is 0 Å². The molecule has 2 atom stereocenters. The highest BCUT2D eigenvalue weighted by molar-refractivity contribution is 4.98. The van der Waals surface area contributed by atoms with E-state index < -0.39 is 0 Å². The fourth-order valence-electron chi connectivity index (χ4n) is 2.57. The lowest BCUT2D eigenvalue weighted by Gasteiger charge is -2.29. The van der Waals surface area contributed by atoms with Crippen molar-refractivity contribution >= 4 is 0 Å². The van der Waals surface area contributed by atoms with Gasteiger partial charge in [-0.05, 0) is 25.2 Å². The van der Waals surface area contributed by atoms with E-state index in [1.165, 1.54) is 25.8 Å². The van der Waals surface area contributed by atoms with E-state index in [2.05, 4.69) is 18.7 Å². The zero-order chi connectivity index (χ0) is 8.72. The first-order valence-electron chi connectivity index (χ1n) is 5.21. The lowest BCUT2D eigenvalue weighted by atomic mass is 9.98. The lowest BCUT2D eigenvalue weighted by molar-refractivity contribution is 0.187. The molecule has 0 aromatic heterocycles. The predicted octanol–water partition coefficient (Wildman–Crippen LogP) is 1.21. The first-order valence-corrected chi connectivity index (χ1v) is 5.21. The molecule has 0 amide bonds. The molecule has 1 saturated carbocycles. The fraction of sp³-hybridized carbons (Fsp3) is 1.00. The standard InChI is InChI=1S/C10H20N2/c1-7(2)10-9(11)5-6-12(10)8-3-4-8/h7-10H,3-6,11H2,1-2H3. The Morgan fingerprint density at radius 2 is 1.92 bits per heavy atom. The van der Waals surface area contributed by atoms with Crippen molar-refractivity contribution in [2.75, 3.05) is 6.54 Å². The highest BCUT2D eigenvalue weighted by Crippen LogP contribution is 2.35. The van der Waals surface area contributed by atoms with Crippen LogP contribution in [0.1, 0.15) is 33.1 Å². The molecule has 2 rings (SSSR count). The number of likely N-dealkylation sites (tertiary alicyclic amines) is 1. The highest BCUT2D eigenvalue weighted by Gasteiger charge is 2.41. The van der Waals surface area contributed by atoms with Gasteiger partial charge >= 0.3 is 0 Å². The summed E-state index contributed by atoms with van der Waals surface area (Å²) in [5.74, 6) is 0.725. The summed E-state index contributed by atoms with van der Waals surface area (Å²) >= 11 is 0. The maximum atomic E-state index is 6.09. The van der Waals surface area contributed by atoms with Crippen molar-refractivity contribution in [1.29, 1.82) is 0 Å². The minimum Gasteiger partial charge on any atom is -0.326 e. The van der Waals surface area contributed by atoms with E-state index in [1.807, 2.05) is 0 Å². The van der Waals surface area contributed by atoms with Gasteiger partial charge in [-0.2, -0.15) is 0 Å². The molecule has 2 aliphatic rings. The Kier molecular flexibility index (Phi) is 2.13. The molecule has 2 N–H and O–H groups in total. The zero-order valence-corrected chi connectivity index (χ0v) is 8.16. The van der Waals surface area contributed by atoms with Crippen LogP contribution in [-0.4, -0.2) is 29.6 Å². The third-order valence-electron chi connectivity index (χ3n) is 3.24. The van der Waals surface area contributed by atoms with Crippen LogP contribution in [0.5, 0.6) is 0 Å². The van der Waals surface area contributed by atoms with E-state index >= 15 is 0 Å². The highest BCUT2D eigenvalue weighted by atomic mass is 15.3. The molecule has 0 bridgehead atoms. The second-order valence-electron chi connectivity index (χ2n) is 4.66. The van der Waals surface area contributed by atoms with Gasteiger partial charge in [0.25, 0.3) is 0 Å². The molecule has 2 nitrogen and oxygen atoms in total. The van der Waals surface area contributed by atoms with Gasteiger partial charge < -0.3 is 5.73 Å². The smallest absolute Gasteiger partial charge is 0.0273 e. The van der Waals surface area contributed by atoms with Gasteiger partial charge in [-0.3, -0.25) is 4.90 Å². The SMILES string of the molecule is CC(C)C1C(N)CCN1C1CC1. The van der Waals surface area contributed by atoms with Gasteiger partial charge in [0, 0.05) is 24.7 Å². The fourth-order valence-corrected chi connectivity index (χ4v) is 2.57. The normalized spacial score (nSPS) is 38.0. The largest absolute Gasteiger partial charge is 0.326 e. The van der Waals surface area contributed by atoms with E-state index in [1.54, 1.807) is 0 Å². The Labute approximate surface area is 75.1 Å². The van der Waals surface area contributed by atoms with Crippen molar-refractivity contribution in [2.24, 2.45) is 11.7 Å². The van der Waals surface area contributed by atoms with Gasteiger partial charge in [-0.1, -0.05) is 13.8 Å². The number of rotatable bonds is 2. The van der Waals surface area contributed by atoms with Crippen LogP contribution < -0.4 is 5.73 Å². The molecule has 70 valence electrons. The second kappa shape index (κ2) is 3.00. The van der Waals surface area contributed by atoms with Crippen molar-refractivity contribution in [1.82, 2.24) is 4.90 Å². The van der Waals surface area contributed by atoms with Crippen molar-refractivity contribution in [2.45, 2.75) is 51.2 Å². The summed E-state index contributed by atoms with van der Waals surface area (Å²) in [4.78, 5) is 2.65. The molecule has 1 saturated heterocycles. The summed E-state index contributed by atoms with van der Waals surface area (Å²) in [6.45, 7) is 5.84. The summed E-state index contributed by atoms with van der Waals surface area (Å²) < 4.78 is 0.